The SMILES string of the molecule is CC(O)C(CC(=O)[C@@H](O)[C@H](O)[C@@H](O)[C@@H](O)CO)C(=O)O. The molecule has 0 bridgehead atoms. The minimum Gasteiger partial charge on any atom is -0.481 e. The van der Waals surface area contributed by atoms with Crippen molar-refractivity contribution in [1.82, 2.24) is 0 Å². The number of aliphatic hydroxyl groups is 6. The van der Waals surface area contributed by atoms with Gasteiger partial charge in [0.25, 0.3) is 0 Å². The molecule has 0 saturated heterocycles. The predicted octanol–water partition coefficient (Wildman–Crippen LogP) is -3.54. The van der Waals surface area contributed by atoms with Gasteiger partial charge in [-0.2, -0.15) is 0 Å². The van der Waals surface area contributed by atoms with Gasteiger partial charge in [-0.15, -0.1) is 0 Å². The highest BCUT2D eigenvalue weighted by Gasteiger charge is 2.36. The van der Waals surface area contributed by atoms with Gasteiger partial charge in [-0.1, -0.05) is 0 Å². The van der Waals surface area contributed by atoms with Crippen LogP contribution in [0.25, 0.3) is 0 Å². The lowest BCUT2D eigenvalue weighted by atomic mass is 9.91. The Morgan fingerprint density at radius 2 is 1.50 bits per heavy atom. The molecule has 0 aromatic rings. The second-order valence-corrected chi connectivity index (χ2v) is 4.53. The average Bonchev–Trinajstić information content (AvgIpc) is 2.39. The largest absolute Gasteiger partial charge is 0.481 e. The first-order valence-electron chi connectivity index (χ1n) is 5.90. The van der Waals surface area contributed by atoms with Gasteiger partial charge in [0.2, 0.25) is 0 Å². The quantitative estimate of drug-likeness (QED) is 0.227. The molecule has 7 N–H and O–H groups in total. The fourth-order valence-electron chi connectivity index (χ4n) is 1.51. The van der Waals surface area contributed by atoms with Crippen LogP contribution < -0.4 is 0 Å². The highest BCUT2D eigenvalue weighted by atomic mass is 16.4. The number of carboxylic acids is 1. The van der Waals surface area contributed by atoms with Crippen LogP contribution in [0.4, 0.5) is 0 Å². The van der Waals surface area contributed by atoms with Gasteiger partial charge in [0, 0.05) is 6.42 Å². The molecule has 0 aliphatic rings. The molecule has 0 saturated carbocycles. The molecular weight excluding hydrogens is 276 g/mol. The smallest absolute Gasteiger partial charge is 0.309 e. The van der Waals surface area contributed by atoms with Crippen molar-refractivity contribution in [3.8, 4) is 0 Å². The first-order chi connectivity index (χ1) is 9.13. The van der Waals surface area contributed by atoms with E-state index in [4.69, 9.17) is 15.3 Å². The standard InChI is InChI=1S/C11H20O9/c1-4(13)5(11(19)20)2-6(14)8(16)10(18)9(17)7(15)3-12/h4-5,7-10,12-13,15-18H,2-3H2,1H3,(H,19,20)/t4?,5?,7-,8+,9-,10-/m0/s1. The van der Waals surface area contributed by atoms with Crippen LogP contribution in [0, 0.1) is 5.92 Å². The number of aliphatic hydroxyl groups excluding tert-OH is 6. The van der Waals surface area contributed by atoms with Gasteiger partial charge in [0.15, 0.2) is 5.78 Å². The third-order valence-corrected chi connectivity index (χ3v) is 2.91. The number of hydrogen-bond donors (Lipinski definition) is 7. The van der Waals surface area contributed by atoms with E-state index >= 15 is 0 Å². The zero-order chi connectivity index (χ0) is 16.0. The molecule has 20 heavy (non-hydrogen) atoms. The maximum Gasteiger partial charge on any atom is 0.309 e. The molecule has 0 rings (SSSR count). The minimum atomic E-state index is -2.15. The molecular formula is C11H20O9. The number of carboxylic acid groups (broad SMARTS) is 1. The molecule has 0 aromatic heterocycles. The molecule has 0 heterocycles. The fourth-order valence-corrected chi connectivity index (χ4v) is 1.51. The lowest BCUT2D eigenvalue weighted by molar-refractivity contribution is -0.154. The average molecular weight is 296 g/mol. The van der Waals surface area contributed by atoms with Crippen LogP contribution in [0.2, 0.25) is 0 Å². The Labute approximate surface area is 114 Å². The number of carbonyl (C=O) groups excluding carboxylic acids is 1. The summed E-state index contributed by atoms with van der Waals surface area (Å²) in [6, 6.07) is 0. The number of aliphatic carboxylic acids is 1. The van der Waals surface area contributed by atoms with Crippen molar-refractivity contribution in [2.24, 2.45) is 5.92 Å². The van der Waals surface area contributed by atoms with Gasteiger partial charge in [0.1, 0.15) is 24.4 Å². The lowest BCUT2D eigenvalue weighted by Crippen LogP contribution is -2.49. The Balaban J connectivity index is 4.72. The van der Waals surface area contributed by atoms with Crippen LogP contribution in [-0.2, 0) is 9.59 Å². The van der Waals surface area contributed by atoms with Crippen molar-refractivity contribution >= 4 is 11.8 Å². The highest BCUT2D eigenvalue weighted by molar-refractivity contribution is 5.87. The number of carbonyl (C=O) groups is 2. The normalized spacial score (nSPS) is 20.6. The lowest BCUT2D eigenvalue weighted by Gasteiger charge is -2.25. The van der Waals surface area contributed by atoms with Crippen molar-refractivity contribution in [2.75, 3.05) is 6.61 Å². The van der Waals surface area contributed by atoms with Crippen molar-refractivity contribution in [3.05, 3.63) is 0 Å². The Morgan fingerprint density at radius 1 is 1.00 bits per heavy atom. The number of rotatable bonds is 9. The van der Waals surface area contributed by atoms with Crippen molar-refractivity contribution in [3.63, 3.8) is 0 Å². The number of hydrogen-bond acceptors (Lipinski definition) is 8. The topological polar surface area (TPSA) is 176 Å². The highest BCUT2D eigenvalue weighted by Crippen LogP contribution is 2.14. The molecule has 6 atom stereocenters. The summed E-state index contributed by atoms with van der Waals surface area (Å²) in [5.74, 6) is -4.04. The van der Waals surface area contributed by atoms with Crippen LogP contribution in [0.3, 0.4) is 0 Å². The van der Waals surface area contributed by atoms with Gasteiger partial charge in [-0.05, 0) is 6.92 Å². The van der Waals surface area contributed by atoms with Crippen LogP contribution in [0.5, 0.6) is 0 Å². The molecule has 9 heteroatoms. The van der Waals surface area contributed by atoms with E-state index in [1.165, 1.54) is 0 Å². The van der Waals surface area contributed by atoms with Crippen LogP contribution >= 0.6 is 0 Å². The molecule has 0 amide bonds. The second-order valence-electron chi connectivity index (χ2n) is 4.53. The summed E-state index contributed by atoms with van der Waals surface area (Å²) in [7, 11) is 0. The van der Waals surface area contributed by atoms with E-state index in [0.29, 0.717) is 0 Å². The van der Waals surface area contributed by atoms with Gasteiger partial charge < -0.3 is 35.7 Å². The number of ketones is 1. The first-order valence-corrected chi connectivity index (χ1v) is 5.90. The van der Waals surface area contributed by atoms with Crippen molar-refractivity contribution in [2.45, 2.75) is 43.9 Å². The van der Waals surface area contributed by atoms with Gasteiger partial charge >= 0.3 is 5.97 Å². The van der Waals surface area contributed by atoms with E-state index in [9.17, 15) is 30.0 Å². The van der Waals surface area contributed by atoms with Crippen LogP contribution in [0.15, 0.2) is 0 Å². The van der Waals surface area contributed by atoms with E-state index in [-0.39, 0.29) is 0 Å². The second kappa shape index (κ2) is 8.25. The van der Waals surface area contributed by atoms with E-state index in [1.54, 1.807) is 0 Å². The zero-order valence-electron chi connectivity index (χ0n) is 10.8. The Morgan fingerprint density at radius 3 is 1.85 bits per heavy atom. The molecule has 9 nitrogen and oxygen atoms in total. The summed E-state index contributed by atoms with van der Waals surface area (Å²) in [5.41, 5.74) is 0. The molecule has 0 aliphatic carbocycles. The van der Waals surface area contributed by atoms with Crippen LogP contribution in [0.1, 0.15) is 13.3 Å². The molecule has 0 fully saturated rings. The Kier molecular flexibility index (Phi) is 7.79. The summed E-state index contributed by atoms with van der Waals surface area (Å²) >= 11 is 0. The zero-order valence-corrected chi connectivity index (χ0v) is 10.8. The summed E-state index contributed by atoms with van der Waals surface area (Å²) in [5, 5.41) is 63.8. The summed E-state index contributed by atoms with van der Waals surface area (Å²) in [6.45, 7) is 0.254. The van der Waals surface area contributed by atoms with E-state index in [2.05, 4.69) is 0 Å². The van der Waals surface area contributed by atoms with Gasteiger partial charge in [-0.25, -0.2) is 0 Å². The summed E-state index contributed by atoms with van der Waals surface area (Å²) in [6.07, 6.45) is -10.1. The monoisotopic (exact) mass is 296 g/mol. The summed E-state index contributed by atoms with van der Waals surface area (Å²) in [4.78, 5) is 22.4. The Hall–Kier alpha value is -1.10. The fraction of sp³-hybridized carbons (Fsp3) is 0.818. The maximum absolute atomic E-state index is 11.6. The maximum atomic E-state index is 11.6. The molecule has 0 radical (unpaired) electrons. The Bertz CT molecular complexity index is 330. The predicted molar refractivity (Wildman–Crippen MR) is 63.5 cm³/mol. The van der Waals surface area contributed by atoms with E-state index in [0.717, 1.165) is 6.92 Å². The van der Waals surface area contributed by atoms with E-state index in [1.807, 2.05) is 0 Å². The molecule has 0 aliphatic heterocycles. The molecule has 2 unspecified atom stereocenters. The molecule has 0 aromatic carbocycles. The first kappa shape index (κ1) is 18.9. The van der Waals surface area contributed by atoms with Gasteiger partial charge in [0.05, 0.1) is 18.6 Å². The van der Waals surface area contributed by atoms with E-state index < -0.39 is 61.2 Å². The van der Waals surface area contributed by atoms with Crippen molar-refractivity contribution in [1.29, 1.82) is 0 Å². The van der Waals surface area contributed by atoms with Gasteiger partial charge in [-0.3, -0.25) is 9.59 Å². The molecule has 118 valence electrons. The van der Waals surface area contributed by atoms with Crippen molar-refractivity contribution < 1.29 is 45.3 Å². The third-order valence-electron chi connectivity index (χ3n) is 2.91. The number of Topliss-reactive ketones (excluding diaryl/α,β-unsaturated/α-hetero) is 1. The molecule has 0 spiro atoms. The minimum absolute atomic E-state index is 0.757. The summed E-state index contributed by atoms with van der Waals surface area (Å²) < 4.78 is 0. The van der Waals surface area contributed by atoms with Crippen LogP contribution in [-0.4, -0.2) is 84.6 Å². The third kappa shape index (κ3) is 5.12.